The van der Waals surface area contributed by atoms with E-state index >= 15 is 0 Å². The highest BCUT2D eigenvalue weighted by Crippen LogP contribution is 2.23. The number of hydrogen-bond donors (Lipinski definition) is 0. The summed E-state index contributed by atoms with van der Waals surface area (Å²) in [7, 11) is 0. The molecule has 0 bridgehead atoms. The summed E-state index contributed by atoms with van der Waals surface area (Å²) in [5.74, 6) is 0.468. The van der Waals surface area contributed by atoms with Crippen molar-refractivity contribution in [1.29, 1.82) is 0 Å². The molecule has 15 heavy (non-hydrogen) atoms. The maximum Gasteiger partial charge on any atom is 0.169 e. The first kappa shape index (κ1) is 12.3. The highest BCUT2D eigenvalue weighted by Gasteiger charge is 2.27. The first-order chi connectivity index (χ1) is 7.01. The molecule has 0 spiro atoms. The Bertz CT molecular complexity index is 355. The summed E-state index contributed by atoms with van der Waals surface area (Å²) >= 11 is 5.79. The van der Waals surface area contributed by atoms with Crippen LogP contribution in [0.1, 0.15) is 36.7 Å². The third-order valence-corrected chi connectivity index (χ3v) is 3.21. The molecule has 2 heteroatoms. The van der Waals surface area contributed by atoms with Gasteiger partial charge in [-0.15, -0.1) is 11.6 Å². The van der Waals surface area contributed by atoms with Crippen molar-refractivity contribution in [2.75, 3.05) is 5.88 Å². The Labute approximate surface area is 96.5 Å². The van der Waals surface area contributed by atoms with Crippen LogP contribution in [0.4, 0.5) is 0 Å². The maximum absolute atomic E-state index is 12.1. The predicted molar refractivity (Wildman–Crippen MR) is 64.7 cm³/mol. The highest BCUT2D eigenvalue weighted by molar-refractivity contribution is 6.21. The Kier molecular flexibility index (Phi) is 3.92. The lowest BCUT2D eigenvalue weighted by Crippen LogP contribution is -2.26. The van der Waals surface area contributed by atoms with Crippen LogP contribution in [-0.2, 0) is 6.42 Å². The van der Waals surface area contributed by atoms with Crippen molar-refractivity contribution in [2.45, 2.75) is 27.2 Å². The van der Waals surface area contributed by atoms with E-state index in [0.29, 0.717) is 5.88 Å². The van der Waals surface area contributed by atoms with E-state index in [0.717, 1.165) is 12.0 Å². The van der Waals surface area contributed by atoms with Gasteiger partial charge in [-0.3, -0.25) is 4.79 Å². The fraction of sp³-hybridized carbons (Fsp3) is 0.462. The van der Waals surface area contributed by atoms with Crippen molar-refractivity contribution in [2.24, 2.45) is 5.41 Å². The third-order valence-electron chi connectivity index (χ3n) is 2.55. The molecule has 0 saturated carbocycles. The Morgan fingerprint density at radius 2 is 2.07 bits per heavy atom. The van der Waals surface area contributed by atoms with Crippen molar-refractivity contribution in [3.8, 4) is 0 Å². The van der Waals surface area contributed by atoms with E-state index in [1.165, 1.54) is 5.56 Å². The normalized spacial score (nSPS) is 11.5. The molecule has 1 rings (SSSR count). The van der Waals surface area contributed by atoms with Crippen molar-refractivity contribution in [3.05, 3.63) is 35.4 Å². The largest absolute Gasteiger partial charge is 0.294 e. The van der Waals surface area contributed by atoms with Crippen LogP contribution in [0.2, 0.25) is 0 Å². The van der Waals surface area contributed by atoms with Crippen molar-refractivity contribution in [1.82, 2.24) is 0 Å². The molecule has 1 aromatic carbocycles. The molecule has 0 saturated heterocycles. The summed E-state index contributed by atoms with van der Waals surface area (Å²) in [6.45, 7) is 5.83. The van der Waals surface area contributed by atoms with Crippen LogP contribution in [0.3, 0.4) is 0 Å². The quantitative estimate of drug-likeness (QED) is 0.563. The van der Waals surface area contributed by atoms with Crippen LogP contribution in [-0.4, -0.2) is 11.7 Å². The van der Waals surface area contributed by atoms with E-state index in [-0.39, 0.29) is 5.78 Å². The molecule has 0 aliphatic rings. The zero-order chi connectivity index (χ0) is 11.5. The molecular formula is C13H17ClO. The van der Waals surface area contributed by atoms with Crippen molar-refractivity contribution in [3.63, 3.8) is 0 Å². The summed E-state index contributed by atoms with van der Waals surface area (Å²) < 4.78 is 0. The van der Waals surface area contributed by atoms with Crippen LogP contribution in [0.25, 0.3) is 0 Å². The van der Waals surface area contributed by atoms with Gasteiger partial charge in [-0.1, -0.05) is 39.0 Å². The second-order valence-corrected chi connectivity index (χ2v) is 4.67. The first-order valence-electron chi connectivity index (χ1n) is 5.21. The molecule has 0 aromatic heterocycles. The van der Waals surface area contributed by atoms with Crippen LogP contribution < -0.4 is 0 Å². The SMILES string of the molecule is CCc1cccc(C(=O)C(C)(C)CCl)c1. The Morgan fingerprint density at radius 1 is 1.40 bits per heavy atom. The smallest absolute Gasteiger partial charge is 0.169 e. The van der Waals surface area contributed by atoms with Crippen molar-refractivity contribution < 1.29 is 4.79 Å². The molecule has 0 amide bonds. The molecule has 0 unspecified atom stereocenters. The van der Waals surface area contributed by atoms with Gasteiger partial charge in [-0.25, -0.2) is 0 Å². The molecule has 0 radical (unpaired) electrons. The number of carbonyl (C=O) groups is 1. The lowest BCUT2D eigenvalue weighted by molar-refractivity contribution is 0.0862. The fourth-order valence-electron chi connectivity index (χ4n) is 1.38. The summed E-state index contributed by atoms with van der Waals surface area (Å²) in [4.78, 5) is 12.1. The van der Waals surface area contributed by atoms with Gasteiger partial charge in [-0.2, -0.15) is 0 Å². The molecule has 0 N–H and O–H groups in total. The Hall–Kier alpha value is -0.820. The van der Waals surface area contributed by atoms with Gasteiger partial charge >= 0.3 is 0 Å². The molecule has 1 nitrogen and oxygen atoms in total. The van der Waals surface area contributed by atoms with Crippen LogP contribution >= 0.6 is 11.6 Å². The minimum atomic E-state index is -0.478. The number of Topliss-reactive ketones (excluding diaryl/α,β-unsaturated/α-hetero) is 1. The van der Waals surface area contributed by atoms with Crippen LogP contribution in [0, 0.1) is 5.41 Å². The van der Waals surface area contributed by atoms with Gasteiger partial charge in [0, 0.05) is 16.9 Å². The van der Waals surface area contributed by atoms with Gasteiger partial charge in [0.15, 0.2) is 5.78 Å². The lowest BCUT2D eigenvalue weighted by atomic mass is 9.86. The average molecular weight is 225 g/mol. The molecular weight excluding hydrogens is 208 g/mol. The number of aryl methyl sites for hydroxylation is 1. The number of halogens is 1. The maximum atomic E-state index is 12.1. The fourth-order valence-corrected chi connectivity index (χ4v) is 1.51. The van der Waals surface area contributed by atoms with Gasteiger partial charge < -0.3 is 0 Å². The summed E-state index contributed by atoms with van der Waals surface area (Å²) in [6.07, 6.45) is 0.947. The third kappa shape index (κ3) is 2.82. The number of benzene rings is 1. The van der Waals surface area contributed by atoms with E-state index in [1.54, 1.807) is 0 Å². The van der Waals surface area contributed by atoms with E-state index in [9.17, 15) is 4.79 Å². The second-order valence-electron chi connectivity index (χ2n) is 4.40. The second kappa shape index (κ2) is 4.80. The molecule has 0 aliphatic heterocycles. The Balaban J connectivity index is 3.01. The number of carbonyl (C=O) groups excluding carboxylic acids is 1. The van der Waals surface area contributed by atoms with Crippen LogP contribution in [0.15, 0.2) is 24.3 Å². The lowest BCUT2D eigenvalue weighted by Gasteiger charge is -2.19. The van der Waals surface area contributed by atoms with Crippen LogP contribution in [0.5, 0.6) is 0 Å². The molecule has 0 aliphatic carbocycles. The summed E-state index contributed by atoms with van der Waals surface area (Å²) in [5.41, 5.74) is 1.47. The molecule has 82 valence electrons. The molecule has 0 atom stereocenters. The monoisotopic (exact) mass is 224 g/mol. The minimum Gasteiger partial charge on any atom is -0.294 e. The Morgan fingerprint density at radius 3 is 2.60 bits per heavy atom. The van der Waals surface area contributed by atoms with Gasteiger partial charge in [0.05, 0.1) is 0 Å². The highest BCUT2D eigenvalue weighted by atomic mass is 35.5. The predicted octanol–water partition coefficient (Wildman–Crippen LogP) is 3.70. The van der Waals surface area contributed by atoms with E-state index < -0.39 is 5.41 Å². The molecule has 1 aromatic rings. The standard InChI is InChI=1S/C13H17ClO/c1-4-10-6-5-7-11(8-10)12(15)13(2,3)9-14/h5-8H,4,9H2,1-3H3. The molecule has 0 heterocycles. The minimum absolute atomic E-state index is 0.118. The van der Waals surface area contributed by atoms with Gasteiger partial charge in [0.2, 0.25) is 0 Å². The summed E-state index contributed by atoms with van der Waals surface area (Å²) in [6, 6.07) is 7.77. The van der Waals surface area contributed by atoms with Crippen molar-refractivity contribution >= 4 is 17.4 Å². The first-order valence-corrected chi connectivity index (χ1v) is 5.74. The van der Waals surface area contributed by atoms with Gasteiger partial charge in [0.25, 0.3) is 0 Å². The van der Waals surface area contributed by atoms with Gasteiger partial charge in [-0.05, 0) is 18.1 Å². The van der Waals surface area contributed by atoms with E-state index in [2.05, 4.69) is 6.92 Å². The van der Waals surface area contributed by atoms with Gasteiger partial charge in [0.1, 0.15) is 0 Å². The molecule has 0 fully saturated rings. The van der Waals surface area contributed by atoms with E-state index in [1.807, 2.05) is 38.1 Å². The number of alkyl halides is 1. The number of rotatable bonds is 4. The van der Waals surface area contributed by atoms with E-state index in [4.69, 9.17) is 11.6 Å². The number of hydrogen-bond acceptors (Lipinski definition) is 1. The average Bonchev–Trinajstić information content (AvgIpc) is 2.28. The topological polar surface area (TPSA) is 17.1 Å². The zero-order valence-corrected chi connectivity index (χ0v) is 10.3. The zero-order valence-electron chi connectivity index (χ0n) is 9.51. The number of ketones is 1. The summed E-state index contributed by atoms with van der Waals surface area (Å²) in [5, 5.41) is 0.